The highest BCUT2D eigenvalue weighted by atomic mass is 35.5. The third kappa shape index (κ3) is 3.81. The van der Waals surface area contributed by atoms with E-state index < -0.39 is 5.41 Å². The average Bonchev–Trinajstić information content (AvgIpc) is 3.28. The lowest BCUT2D eigenvalue weighted by Gasteiger charge is -2.15. The first-order chi connectivity index (χ1) is 10.5. The highest BCUT2D eigenvalue weighted by Crippen LogP contribution is 2.46. The fraction of sp³-hybridized carbons (Fsp3) is 0.375. The second-order valence-electron chi connectivity index (χ2n) is 5.32. The molecule has 0 heterocycles. The lowest BCUT2D eigenvalue weighted by Crippen LogP contribution is -2.43. The van der Waals surface area contributed by atoms with E-state index >= 15 is 0 Å². The molecule has 2 N–H and O–H groups in total. The zero-order valence-corrected chi connectivity index (χ0v) is 13.6. The number of hydrogen-bond acceptors (Lipinski definition) is 2. The first-order valence-electron chi connectivity index (χ1n) is 7.11. The van der Waals surface area contributed by atoms with Crippen molar-refractivity contribution in [3.63, 3.8) is 0 Å². The highest BCUT2D eigenvalue weighted by Gasteiger charge is 2.56. The average molecular weight is 341 g/mol. The predicted octanol–water partition coefficient (Wildman–Crippen LogP) is 2.73. The van der Waals surface area contributed by atoms with Crippen LogP contribution in [0.2, 0.25) is 10.0 Å². The van der Waals surface area contributed by atoms with Crippen LogP contribution in [0.4, 0.5) is 0 Å². The first-order valence-corrected chi connectivity index (χ1v) is 7.86. The fourth-order valence-corrected chi connectivity index (χ4v) is 2.72. The van der Waals surface area contributed by atoms with Crippen LogP contribution >= 0.6 is 23.2 Å². The SMILES string of the molecule is C=CCNC(=O)C1(C(=O)NCCc2ccc(Cl)cc2Cl)CC1. The molecule has 4 nitrogen and oxygen atoms in total. The molecule has 1 aliphatic carbocycles. The van der Waals surface area contributed by atoms with Crippen LogP contribution < -0.4 is 10.6 Å². The van der Waals surface area contributed by atoms with Crippen molar-refractivity contribution in [2.45, 2.75) is 19.3 Å². The van der Waals surface area contributed by atoms with Gasteiger partial charge in [-0.05, 0) is 37.0 Å². The summed E-state index contributed by atoms with van der Waals surface area (Å²) in [6, 6.07) is 5.27. The molecule has 0 aliphatic heterocycles. The van der Waals surface area contributed by atoms with Gasteiger partial charge in [-0.15, -0.1) is 6.58 Å². The molecule has 1 saturated carbocycles. The van der Waals surface area contributed by atoms with Crippen LogP contribution in [0.15, 0.2) is 30.9 Å². The smallest absolute Gasteiger partial charge is 0.235 e. The lowest BCUT2D eigenvalue weighted by atomic mass is 10.0. The van der Waals surface area contributed by atoms with Gasteiger partial charge in [-0.25, -0.2) is 0 Å². The maximum Gasteiger partial charge on any atom is 0.235 e. The van der Waals surface area contributed by atoms with Gasteiger partial charge in [-0.2, -0.15) is 0 Å². The Morgan fingerprint density at radius 3 is 2.50 bits per heavy atom. The van der Waals surface area contributed by atoms with Gasteiger partial charge in [0.25, 0.3) is 0 Å². The van der Waals surface area contributed by atoms with E-state index in [1.807, 2.05) is 6.07 Å². The number of rotatable bonds is 7. The fourth-order valence-electron chi connectivity index (χ4n) is 2.22. The minimum atomic E-state index is -0.896. The van der Waals surface area contributed by atoms with E-state index in [-0.39, 0.29) is 11.8 Å². The lowest BCUT2D eigenvalue weighted by molar-refractivity contribution is -0.137. The summed E-state index contributed by atoms with van der Waals surface area (Å²) in [5, 5.41) is 6.65. The second-order valence-corrected chi connectivity index (χ2v) is 6.17. The molecule has 6 heteroatoms. The molecule has 1 fully saturated rings. The molecular weight excluding hydrogens is 323 g/mol. The van der Waals surface area contributed by atoms with Crippen LogP contribution in [0.3, 0.4) is 0 Å². The zero-order valence-electron chi connectivity index (χ0n) is 12.1. The third-order valence-electron chi connectivity index (χ3n) is 3.72. The number of amides is 2. The van der Waals surface area contributed by atoms with Crippen LogP contribution in [0, 0.1) is 5.41 Å². The minimum Gasteiger partial charge on any atom is -0.355 e. The number of carbonyl (C=O) groups excluding carboxylic acids is 2. The van der Waals surface area contributed by atoms with Crippen LogP contribution in [-0.2, 0) is 16.0 Å². The molecule has 0 aromatic heterocycles. The Bertz CT molecular complexity index is 598. The first kappa shape index (κ1) is 16.8. The largest absolute Gasteiger partial charge is 0.355 e. The van der Waals surface area contributed by atoms with Gasteiger partial charge in [-0.3, -0.25) is 9.59 Å². The summed E-state index contributed by atoms with van der Waals surface area (Å²) < 4.78 is 0. The minimum absolute atomic E-state index is 0.223. The van der Waals surface area contributed by atoms with Crippen molar-refractivity contribution in [1.82, 2.24) is 10.6 Å². The van der Waals surface area contributed by atoms with Crippen LogP contribution in [-0.4, -0.2) is 24.9 Å². The highest BCUT2D eigenvalue weighted by molar-refractivity contribution is 6.35. The number of halogens is 2. The van der Waals surface area contributed by atoms with Crippen LogP contribution in [0.5, 0.6) is 0 Å². The summed E-state index contributed by atoms with van der Waals surface area (Å²) in [5.41, 5.74) is 0.0135. The normalized spacial score (nSPS) is 15.0. The van der Waals surface area contributed by atoms with Crippen molar-refractivity contribution in [2.75, 3.05) is 13.1 Å². The van der Waals surface area contributed by atoms with Gasteiger partial charge in [-0.1, -0.05) is 35.3 Å². The maximum absolute atomic E-state index is 12.2. The van der Waals surface area contributed by atoms with Gasteiger partial charge in [0.15, 0.2) is 0 Å². The molecule has 1 aliphatic rings. The van der Waals surface area contributed by atoms with E-state index in [0.717, 1.165) is 5.56 Å². The van der Waals surface area contributed by atoms with E-state index in [1.54, 1.807) is 18.2 Å². The van der Waals surface area contributed by atoms with Crippen molar-refractivity contribution < 1.29 is 9.59 Å². The third-order valence-corrected chi connectivity index (χ3v) is 4.31. The Hall–Kier alpha value is -1.52. The Labute approximate surface area is 139 Å². The van der Waals surface area contributed by atoms with Gasteiger partial charge in [0.1, 0.15) is 5.41 Å². The van der Waals surface area contributed by atoms with E-state index in [4.69, 9.17) is 23.2 Å². The number of nitrogens with one attached hydrogen (secondary N) is 2. The topological polar surface area (TPSA) is 58.2 Å². The van der Waals surface area contributed by atoms with Gasteiger partial charge in [0.2, 0.25) is 11.8 Å². The van der Waals surface area contributed by atoms with Crippen molar-refractivity contribution in [3.8, 4) is 0 Å². The van der Waals surface area contributed by atoms with Crippen molar-refractivity contribution in [3.05, 3.63) is 46.5 Å². The molecule has 0 bridgehead atoms. The maximum atomic E-state index is 12.2. The number of carbonyl (C=O) groups is 2. The molecular formula is C16H18Cl2N2O2. The molecule has 0 saturated heterocycles. The predicted molar refractivity (Wildman–Crippen MR) is 88.0 cm³/mol. The van der Waals surface area contributed by atoms with Gasteiger partial charge in [0, 0.05) is 23.1 Å². The monoisotopic (exact) mass is 340 g/mol. The Morgan fingerprint density at radius 1 is 1.23 bits per heavy atom. The van der Waals surface area contributed by atoms with E-state index in [9.17, 15) is 9.59 Å². The number of benzene rings is 1. The summed E-state index contributed by atoms with van der Waals surface area (Å²) in [4.78, 5) is 24.2. The molecule has 0 atom stereocenters. The van der Waals surface area contributed by atoms with Crippen molar-refractivity contribution in [1.29, 1.82) is 0 Å². The summed E-state index contributed by atoms with van der Waals surface area (Å²) in [6.07, 6.45) is 3.35. The second kappa shape index (κ2) is 7.16. The molecule has 0 spiro atoms. The number of hydrogen-bond donors (Lipinski definition) is 2. The zero-order chi connectivity index (χ0) is 16.2. The van der Waals surface area contributed by atoms with Gasteiger partial charge >= 0.3 is 0 Å². The molecule has 2 amide bonds. The van der Waals surface area contributed by atoms with Gasteiger partial charge < -0.3 is 10.6 Å². The molecule has 0 radical (unpaired) electrons. The summed E-state index contributed by atoms with van der Waals surface area (Å²) in [6.45, 7) is 4.34. The molecule has 118 valence electrons. The van der Waals surface area contributed by atoms with Crippen molar-refractivity contribution >= 4 is 35.0 Å². The van der Waals surface area contributed by atoms with Gasteiger partial charge in [0.05, 0.1) is 0 Å². The molecule has 1 aromatic carbocycles. The molecule has 1 aromatic rings. The quantitative estimate of drug-likeness (QED) is 0.592. The summed E-state index contributed by atoms with van der Waals surface area (Å²) in [7, 11) is 0. The Kier molecular flexibility index (Phi) is 5.48. The molecule has 22 heavy (non-hydrogen) atoms. The standard InChI is InChI=1S/C16H18Cl2N2O2/c1-2-8-19-14(21)16(6-7-16)15(22)20-9-5-11-3-4-12(17)10-13(11)18/h2-4,10H,1,5-9H2,(H,19,21)(H,20,22). The summed E-state index contributed by atoms with van der Waals surface area (Å²) in [5.74, 6) is -0.450. The Morgan fingerprint density at radius 2 is 1.91 bits per heavy atom. The van der Waals surface area contributed by atoms with E-state index in [2.05, 4.69) is 17.2 Å². The van der Waals surface area contributed by atoms with Crippen molar-refractivity contribution in [2.24, 2.45) is 5.41 Å². The molecule has 0 unspecified atom stereocenters. The molecule has 2 rings (SSSR count). The van der Waals surface area contributed by atoms with Crippen LogP contribution in [0.25, 0.3) is 0 Å². The van der Waals surface area contributed by atoms with Crippen LogP contribution in [0.1, 0.15) is 18.4 Å². The van der Waals surface area contributed by atoms with E-state index in [1.165, 1.54) is 0 Å². The van der Waals surface area contributed by atoms with E-state index in [0.29, 0.717) is 42.4 Å². The Balaban J connectivity index is 1.85. The summed E-state index contributed by atoms with van der Waals surface area (Å²) >= 11 is 11.9.